The van der Waals surface area contributed by atoms with Gasteiger partial charge in [-0.3, -0.25) is 0 Å². The Morgan fingerprint density at radius 2 is 1.83 bits per heavy atom. The molecule has 2 heteroatoms. The van der Waals surface area contributed by atoms with Crippen molar-refractivity contribution in [3.63, 3.8) is 0 Å². The highest BCUT2D eigenvalue weighted by Crippen LogP contribution is 1.97. The monoisotopic (exact) mass is 163 g/mol. The average Bonchev–Trinajstić information content (AvgIpc) is 2.05. The van der Waals surface area contributed by atoms with Crippen molar-refractivity contribution in [2.75, 3.05) is 0 Å². The number of benzene rings is 1. The minimum Gasteiger partial charge on any atom is -0.550 e. The molecule has 0 fully saturated rings. The average molecular weight is 163 g/mol. The Morgan fingerprint density at radius 3 is 2.08 bits per heavy atom. The van der Waals surface area contributed by atoms with Crippen LogP contribution in [0.3, 0.4) is 0 Å². The number of aliphatic carboxylic acids is 1. The number of carboxylic acid groups (broad SMARTS) is 1. The van der Waals surface area contributed by atoms with Crippen LogP contribution >= 0.6 is 0 Å². The topological polar surface area (TPSA) is 40.1 Å². The Labute approximate surface area is 72.2 Å². The van der Waals surface area contributed by atoms with Gasteiger partial charge >= 0.3 is 0 Å². The van der Waals surface area contributed by atoms with Gasteiger partial charge in [-0.15, -0.1) is 0 Å². The molecule has 0 aliphatic rings. The minimum absolute atomic E-state index is 0.972. The van der Waals surface area contributed by atoms with Crippen molar-refractivity contribution in [2.45, 2.75) is 6.92 Å². The Bertz CT molecular complexity index is 235. The van der Waals surface area contributed by atoms with Gasteiger partial charge in [0, 0.05) is 5.97 Å². The minimum atomic E-state index is -1.08. The maximum atomic E-state index is 8.89. The maximum Gasteiger partial charge on any atom is 0.0383 e. The third-order valence-corrected chi connectivity index (χ3v) is 1.04. The van der Waals surface area contributed by atoms with E-state index < -0.39 is 5.97 Å². The highest BCUT2D eigenvalue weighted by atomic mass is 16.4. The smallest absolute Gasteiger partial charge is 0.0383 e. The van der Waals surface area contributed by atoms with Crippen LogP contribution < -0.4 is 5.11 Å². The second-order valence-electron chi connectivity index (χ2n) is 2.11. The molecule has 0 bridgehead atoms. The Hall–Kier alpha value is -1.57. The SMILES string of the molecule is C=Cc1ccccc1.CC(=O)[O-]. The molecule has 0 saturated carbocycles. The summed E-state index contributed by atoms with van der Waals surface area (Å²) in [5.41, 5.74) is 1.17. The summed E-state index contributed by atoms with van der Waals surface area (Å²) < 4.78 is 0. The van der Waals surface area contributed by atoms with E-state index in [1.807, 2.05) is 36.4 Å². The maximum absolute atomic E-state index is 8.89. The molecular formula is C10H11O2-. The normalized spacial score (nSPS) is 7.75. The molecule has 0 aromatic heterocycles. The lowest BCUT2D eigenvalue weighted by Crippen LogP contribution is -2.16. The fourth-order valence-corrected chi connectivity index (χ4v) is 0.589. The first-order valence-electron chi connectivity index (χ1n) is 3.52. The first kappa shape index (κ1) is 10.4. The van der Waals surface area contributed by atoms with Gasteiger partial charge in [0.2, 0.25) is 0 Å². The van der Waals surface area contributed by atoms with Crippen LogP contribution in [0.15, 0.2) is 36.9 Å². The van der Waals surface area contributed by atoms with E-state index in [4.69, 9.17) is 9.90 Å². The zero-order chi connectivity index (χ0) is 9.40. The van der Waals surface area contributed by atoms with Gasteiger partial charge in [-0.2, -0.15) is 0 Å². The molecular weight excluding hydrogens is 152 g/mol. The molecule has 0 saturated heterocycles. The number of carboxylic acids is 1. The van der Waals surface area contributed by atoms with Crippen molar-refractivity contribution < 1.29 is 9.90 Å². The molecule has 0 radical (unpaired) electrons. The third-order valence-electron chi connectivity index (χ3n) is 1.04. The van der Waals surface area contributed by atoms with E-state index >= 15 is 0 Å². The molecule has 0 aliphatic carbocycles. The van der Waals surface area contributed by atoms with Crippen molar-refractivity contribution in [1.29, 1.82) is 0 Å². The van der Waals surface area contributed by atoms with Crippen LogP contribution in [0.1, 0.15) is 12.5 Å². The van der Waals surface area contributed by atoms with E-state index in [0.717, 1.165) is 6.92 Å². The molecule has 0 spiro atoms. The van der Waals surface area contributed by atoms with Crippen LogP contribution in [0.4, 0.5) is 0 Å². The van der Waals surface area contributed by atoms with Gasteiger partial charge in [-0.25, -0.2) is 0 Å². The van der Waals surface area contributed by atoms with Gasteiger partial charge in [0.15, 0.2) is 0 Å². The summed E-state index contributed by atoms with van der Waals surface area (Å²) in [7, 11) is 0. The van der Waals surface area contributed by atoms with Gasteiger partial charge < -0.3 is 9.90 Å². The predicted octanol–water partition coefficient (Wildman–Crippen LogP) is 1.09. The summed E-state index contributed by atoms with van der Waals surface area (Å²) in [6.45, 7) is 4.60. The zero-order valence-corrected chi connectivity index (χ0v) is 6.99. The van der Waals surface area contributed by atoms with Crippen molar-refractivity contribution in [1.82, 2.24) is 0 Å². The highest BCUT2D eigenvalue weighted by molar-refractivity contribution is 5.60. The van der Waals surface area contributed by atoms with E-state index in [0.29, 0.717) is 0 Å². The lowest BCUT2D eigenvalue weighted by molar-refractivity contribution is -0.302. The lowest BCUT2D eigenvalue weighted by atomic mass is 10.2. The van der Waals surface area contributed by atoms with Gasteiger partial charge in [-0.1, -0.05) is 43.0 Å². The predicted molar refractivity (Wildman–Crippen MR) is 47.2 cm³/mol. The summed E-state index contributed by atoms with van der Waals surface area (Å²) in [6.07, 6.45) is 1.83. The van der Waals surface area contributed by atoms with Gasteiger partial charge in [0.1, 0.15) is 0 Å². The number of carbonyl (C=O) groups excluding carboxylic acids is 1. The molecule has 0 atom stereocenters. The van der Waals surface area contributed by atoms with Crippen LogP contribution in [0, 0.1) is 0 Å². The van der Waals surface area contributed by atoms with Crippen molar-refractivity contribution >= 4 is 12.0 Å². The molecule has 0 N–H and O–H groups in total. The summed E-state index contributed by atoms with van der Waals surface area (Å²) in [6, 6.07) is 10.0. The van der Waals surface area contributed by atoms with E-state index in [1.165, 1.54) is 5.56 Å². The largest absolute Gasteiger partial charge is 0.550 e. The summed E-state index contributed by atoms with van der Waals surface area (Å²) in [4.78, 5) is 8.89. The fraction of sp³-hybridized carbons (Fsp3) is 0.100. The molecule has 0 heterocycles. The van der Waals surface area contributed by atoms with Crippen LogP contribution in [-0.2, 0) is 4.79 Å². The quantitative estimate of drug-likeness (QED) is 0.621. The second kappa shape index (κ2) is 6.16. The second-order valence-corrected chi connectivity index (χ2v) is 2.11. The van der Waals surface area contributed by atoms with E-state index in [2.05, 4.69) is 6.58 Å². The lowest BCUT2D eigenvalue weighted by Gasteiger charge is -1.85. The van der Waals surface area contributed by atoms with Gasteiger partial charge in [0.25, 0.3) is 0 Å². The number of rotatable bonds is 1. The summed E-state index contributed by atoms with van der Waals surface area (Å²) >= 11 is 0. The first-order chi connectivity index (χ1) is 5.66. The summed E-state index contributed by atoms with van der Waals surface area (Å²) in [5, 5.41) is 8.89. The van der Waals surface area contributed by atoms with Crippen molar-refractivity contribution in [2.24, 2.45) is 0 Å². The van der Waals surface area contributed by atoms with Gasteiger partial charge in [0.05, 0.1) is 0 Å². The molecule has 2 nitrogen and oxygen atoms in total. The number of hydrogen-bond donors (Lipinski definition) is 0. The molecule has 0 aliphatic heterocycles. The zero-order valence-electron chi connectivity index (χ0n) is 6.99. The Kier molecular flexibility index (Phi) is 5.35. The third kappa shape index (κ3) is 6.55. The molecule has 1 rings (SSSR count). The van der Waals surface area contributed by atoms with Crippen LogP contribution in [-0.4, -0.2) is 5.97 Å². The van der Waals surface area contributed by atoms with Crippen LogP contribution in [0.25, 0.3) is 6.08 Å². The van der Waals surface area contributed by atoms with Crippen LogP contribution in [0.5, 0.6) is 0 Å². The van der Waals surface area contributed by atoms with E-state index in [9.17, 15) is 0 Å². The number of carbonyl (C=O) groups is 1. The Morgan fingerprint density at radius 1 is 1.42 bits per heavy atom. The van der Waals surface area contributed by atoms with E-state index in [-0.39, 0.29) is 0 Å². The molecule has 0 unspecified atom stereocenters. The van der Waals surface area contributed by atoms with Crippen molar-refractivity contribution in [3.8, 4) is 0 Å². The molecule has 64 valence electrons. The fourth-order valence-electron chi connectivity index (χ4n) is 0.589. The first-order valence-corrected chi connectivity index (χ1v) is 3.52. The molecule has 1 aromatic rings. The molecule has 12 heavy (non-hydrogen) atoms. The van der Waals surface area contributed by atoms with Gasteiger partial charge in [-0.05, 0) is 12.5 Å². The number of hydrogen-bond acceptors (Lipinski definition) is 2. The van der Waals surface area contributed by atoms with Crippen molar-refractivity contribution in [3.05, 3.63) is 42.5 Å². The highest BCUT2D eigenvalue weighted by Gasteiger charge is 1.75. The molecule has 1 aromatic carbocycles. The van der Waals surface area contributed by atoms with Crippen LogP contribution in [0.2, 0.25) is 0 Å². The standard InChI is InChI=1S/C8H8.C2H4O2/c1-2-8-6-4-3-5-7-8;1-2(3)4/h2-7H,1H2;1H3,(H,3,4)/p-1. The van der Waals surface area contributed by atoms with E-state index in [1.54, 1.807) is 0 Å². The molecule has 0 amide bonds. The Balaban J connectivity index is 0.000000261. The summed E-state index contributed by atoms with van der Waals surface area (Å²) in [5.74, 6) is -1.08.